The number of nitrogens with zero attached hydrogens (tertiary/aromatic N) is 3. The molecule has 2 aliphatic heterocycles. The quantitative estimate of drug-likeness (QED) is 0.903. The van der Waals surface area contributed by atoms with Crippen molar-refractivity contribution < 1.29 is 0 Å². The molecule has 0 aliphatic carbocycles. The SMILES string of the molecule is NC1CC2CCC(C1)N2Cc1cc(=O)n2ccsc2n1. The van der Waals surface area contributed by atoms with Gasteiger partial charge in [0.05, 0.1) is 5.69 Å². The van der Waals surface area contributed by atoms with Crippen LogP contribution in [0.25, 0.3) is 4.96 Å². The van der Waals surface area contributed by atoms with Crippen LogP contribution in [0.1, 0.15) is 31.4 Å². The third-order valence-electron chi connectivity index (χ3n) is 4.62. The van der Waals surface area contributed by atoms with Crippen molar-refractivity contribution in [1.82, 2.24) is 14.3 Å². The summed E-state index contributed by atoms with van der Waals surface area (Å²) in [5, 5.41) is 1.90. The van der Waals surface area contributed by atoms with Crippen molar-refractivity contribution in [2.24, 2.45) is 5.73 Å². The van der Waals surface area contributed by atoms with E-state index in [1.807, 2.05) is 5.38 Å². The van der Waals surface area contributed by atoms with E-state index in [1.54, 1.807) is 16.7 Å². The van der Waals surface area contributed by atoms with Crippen LogP contribution in [0.4, 0.5) is 0 Å². The molecule has 0 amide bonds. The van der Waals surface area contributed by atoms with E-state index in [0.29, 0.717) is 18.1 Å². The fourth-order valence-electron chi connectivity index (χ4n) is 3.73. The van der Waals surface area contributed by atoms with Crippen LogP contribution in [0.5, 0.6) is 0 Å². The van der Waals surface area contributed by atoms with E-state index in [-0.39, 0.29) is 5.56 Å². The van der Waals surface area contributed by atoms with E-state index in [2.05, 4.69) is 9.88 Å². The summed E-state index contributed by atoms with van der Waals surface area (Å²) in [5.41, 5.74) is 7.02. The van der Waals surface area contributed by atoms with Gasteiger partial charge in [0, 0.05) is 42.3 Å². The first-order valence-corrected chi connectivity index (χ1v) is 8.06. The van der Waals surface area contributed by atoms with Crippen LogP contribution in [0.2, 0.25) is 0 Å². The first kappa shape index (κ1) is 12.5. The number of aromatic nitrogens is 2. The second-order valence-electron chi connectivity index (χ2n) is 5.93. The second kappa shape index (κ2) is 4.65. The zero-order valence-electron chi connectivity index (χ0n) is 11.2. The Morgan fingerprint density at radius 1 is 1.35 bits per heavy atom. The predicted molar refractivity (Wildman–Crippen MR) is 78.9 cm³/mol. The molecule has 2 aromatic rings. The lowest BCUT2D eigenvalue weighted by Crippen LogP contribution is -2.47. The van der Waals surface area contributed by atoms with Gasteiger partial charge in [-0.1, -0.05) is 0 Å². The molecule has 0 saturated carbocycles. The lowest BCUT2D eigenvalue weighted by atomic mass is 9.98. The minimum Gasteiger partial charge on any atom is -0.328 e. The number of hydrogen-bond donors (Lipinski definition) is 1. The van der Waals surface area contributed by atoms with Gasteiger partial charge in [-0.05, 0) is 25.7 Å². The molecule has 4 rings (SSSR count). The molecule has 2 N–H and O–H groups in total. The van der Waals surface area contributed by atoms with Gasteiger partial charge in [-0.2, -0.15) is 0 Å². The van der Waals surface area contributed by atoms with Crippen LogP contribution >= 0.6 is 11.3 Å². The Labute approximate surface area is 121 Å². The summed E-state index contributed by atoms with van der Waals surface area (Å²) in [7, 11) is 0. The zero-order chi connectivity index (χ0) is 13.7. The van der Waals surface area contributed by atoms with Crippen molar-refractivity contribution in [2.75, 3.05) is 0 Å². The molecule has 2 aromatic heterocycles. The molecule has 20 heavy (non-hydrogen) atoms. The van der Waals surface area contributed by atoms with Crippen LogP contribution in [0.15, 0.2) is 22.4 Å². The number of hydrogen-bond acceptors (Lipinski definition) is 5. The lowest BCUT2D eigenvalue weighted by Gasteiger charge is -2.37. The van der Waals surface area contributed by atoms with Gasteiger partial charge in [0.15, 0.2) is 4.96 Å². The monoisotopic (exact) mass is 290 g/mol. The summed E-state index contributed by atoms with van der Waals surface area (Å²) >= 11 is 1.51. The number of piperidine rings is 1. The van der Waals surface area contributed by atoms with E-state index in [9.17, 15) is 4.79 Å². The molecule has 2 fully saturated rings. The Kier molecular flexibility index (Phi) is 2.90. The number of rotatable bonds is 2. The van der Waals surface area contributed by atoms with Crippen molar-refractivity contribution >= 4 is 16.3 Å². The molecule has 0 spiro atoms. The van der Waals surface area contributed by atoms with Crippen molar-refractivity contribution in [1.29, 1.82) is 0 Å². The average molecular weight is 290 g/mol. The van der Waals surface area contributed by atoms with Crippen LogP contribution in [0, 0.1) is 0 Å². The fourth-order valence-corrected chi connectivity index (χ4v) is 4.47. The standard InChI is InChI=1S/C14H18N4OS/c15-9-5-11-1-2-12(6-9)18(11)8-10-7-13(19)17-3-4-20-14(17)16-10/h3-4,7,9,11-12H,1-2,5-6,8,15H2. The van der Waals surface area contributed by atoms with E-state index in [1.165, 1.54) is 24.2 Å². The second-order valence-corrected chi connectivity index (χ2v) is 6.80. The van der Waals surface area contributed by atoms with E-state index in [0.717, 1.165) is 30.0 Å². The predicted octanol–water partition coefficient (Wildman–Crippen LogP) is 1.21. The van der Waals surface area contributed by atoms with Crippen molar-refractivity contribution in [3.63, 3.8) is 0 Å². The Balaban J connectivity index is 1.63. The highest BCUT2D eigenvalue weighted by Gasteiger charge is 2.39. The Morgan fingerprint density at radius 2 is 2.10 bits per heavy atom. The highest BCUT2D eigenvalue weighted by molar-refractivity contribution is 7.15. The van der Waals surface area contributed by atoms with Gasteiger partial charge in [-0.25, -0.2) is 4.98 Å². The first-order valence-electron chi connectivity index (χ1n) is 7.18. The topological polar surface area (TPSA) is 63.6 Å². The third kappa shape index (κ3) is 1.99. The molecule has 0 aromatic carbocycles. The van der Waals surface area contributed by atoms with Crippen LogP contribution in [0.3, 0.4) is 0 Å². The van der Waals surface area contributed by atoms with Crippen molar-refractivity contribution in [3.8, 4) is 0 Å². The molecule has 6 heteroatoms. The van der Waals surface area contributed by atoms with Crippen LogP contribution < -0.4 is 11.3 Å². The largest absolute Gasteiger partial charge is 0.328 e. The molecule has 2 bridgehead atoms. The highest BCUT2D eigenvalue weighted by Crippen LogP contribution is 2.35. The molecule has 5 nitrogen and oxygen atoms in total. The molecule has 2 aliphatic rings. The van der Waals surface area contributed by atoms with Gasteiger partial charge in [-0.3, -0.25) is 14.1 Å². The van der Waals surface area contributed by atoms with Gasteiger partial charge in [0.2, 0.25) is 0 Å². The number of nitrogens with two attached hydrogens (primary N) is 1. The molecular formula is C14H18N4OS. The molecule has 2 atom stereocenters. The molecular weight excluding hydrogens is 272 g/mol. The molecule has 2 saturated heterocycles. The summed E-state index contributed by atoms with van der Waals surface area (Å²) in [4.78, 5) is 19.9. The zero-order valence-corrected chi connectivity index (χ0v) is 12.1. The van der Waals surface area contributed by atoms with Gasteiger partial charge >= 0.3 is 0 Å². The maximum Gasteiger partial charge on any atom is 0.258 e. The van der Waals surface area contributed by atoms with Gasteiger partial charge in [0.25, 0.3) is 5.56 Å². The Hall–Kier alpha value is -1.24. The summed E-state index contributed by atoms with van der Waals surface area (Å²) in [6.45, 7) is 0.783. The number of thiazole rings is 1. The lowest BCUT2D eigenvalue weighted by molar-refractivity contribution is 0.118. The molecule has 4 heterocycles. The Morgan fingerprint density at radius 3 is 2.85 bits per heavy atom. The van der Waals surface area contributed by atoms with Crippen molar-refractivity contribution in [2.45, 2.75) is 50.4 Å². The summed E-state index contributed by atoms with van der Waals surface area (Å²) in [5.74, 6) is 0. The van der Waals surface area contributed by atoms with E-state index in [4.69, 9.17) is 5.73 Å². The summed E-state index contributed by atoms with van der Waals surface area (Å²) in [6, 6.07) is 3.18. The van der Waals surface area contributed by atoms with Gasteiger partial charge in [0.1, 0.15) is 0 Å². The normalized spacial score (nSPS) is 30.1. The smallest absolute Gasteiger partial charge is 0.258 e. The number of fused-ring (bicyclic) bond motifs is 3. The molecule has 2 unspecified atom stereocenters. The van der Waals surface area contributed by atoms with Crippen molar-refractivity contribution in [3.05, 3.63) is 33.7 Å². The van der Waals surface area contributed by atoms with Crippen LogP contribution in [-0.4, -0.2) is 32.4 Å². The Bertz CT molecular complexity index is 680. The fraction of sp³-hybridized carbons (Fsp3) is 0.571. The van der Waals surface area contributed by atoms with Crippen LogP contribution in [-0.2, 0) is 6.54 Å². The van der Waals surface area contributed by atoms with E-state index >= 15 is 0 Å². The third-order valence-corrected chi connectivity index (χ3v) is 5.38. The maximum atomic E-state index is 12.0. The summed E-state index contributed by atoms with van der Waals surface area (Å²) < 4.78 is 1.61. The summed E-state index contributed by atoms with van der Waals surface area (Å²) in [6.07, 6.45) is 6.41. The molecule has 106 valence electrons. The minimum absolute atomic E-state index is 0.0207. The first-order chi connectivity index (χ1) is 9.70. The molecule has 0 radical (unpaired) electrons. The maximum absolute atomic E-state index is 12.0. The minimum atomic E-state index is 0.0207. The highest BCUT2D eigenvalue weighted by atomic mass is 32.1. The van der Waals surface area contributed by atoms with Gasteiger partial charge in [-0.15, -0.1) is 11.3 Å². The van der Waals surface area contributed by atoms with Gasteiger partial charge < -0.3 is 5.73 Å². The average Bonchev–Trinajstić information content (AvgIpc) is 2.95. The van der Waals surface area contributed by atoms with E-state index < -0.39 is 0 Å².